The van der Waals surface area contributed by atoms with Gasteiger partial charge in [-0.05, 0) is 42.9 Å². The number of nitrogens with zero attached hydrogens (tertiary/aromatic N) is 4. The van der Waals surface area contributed by atoms with Crippen molar-refractivity contribution in [2.24, 2.45) is 0 Å². The van der Waals surface area contributed by atoms with E-state index in [1.165, 1.54) is 33.7 Å². The van der Waals surface area contributed by atoms with Crippen LogP contribution in [0.1, 0.15) is 17.0 Å². The zero-order valence-electron chi connectivity index (χ0n) is 17.6. The zero-order valence-corrected chi connectivity index (χ0v) is 19.3. The molecule has 3 aliphatic heterocycles. The standard InChI is InChI=1S/C23H21FN4O2S2/c1-4-11-28-20(30)23(32-21(28)31)17(14-7-9-25-10-8-14)13-26(2)22(23)16-12-15(24)5-6-18(16)27(3)19(22)29/h4-10,12,17H,1,11,13H2,2-3H3/t17-,22-,23+/m0/s1. The van der Waals surface area contributed by atoms with Gasteiger partial charge in [-0.2, -0.15) is 0 Å². The second-order valence-electron chi connectivity index (χ2n) is 8.26. The molecule has 2 spiro atoms. The second kappa shape index (κ2) is 7.19. The van der Waals surface area contributed by atoms with Crippen molar-refractivity contribution in [3.63, 3.8) is 0 Å². The van der Waals surface area contributed by atoms with Crippen molar-refractivity contribution in [3.8, 4) is 0 Å². The summed E-state index contributed by atoms with van der Waals surface area (Å²) in [5.74, 6) is -1.34. The quantitative estimate of drug-likeness (QED) is 0.510. The van der Waals surface area contributed by atoms with E-state index in [0.29, 0.717) is 22.1 Å². The minimum atomic E-state index is -1.41. The summed E-state index contributed by atoms with van der Waals surface area (Å²) in [6.07, 6.45) is 4.97. The lowest BCUT2D eigenvalue weighted by Gasteiger charge is -2.42. The molecule has 0 radical (unpaired) electrons. The molecule has 2 fully saturated rings. The Hall–Kier alpha value is -2.62. The maximum absolute atomic E-state index is 14.5. The number of carbonyl (C=O) groups is 2. The Labute approximate surface area is 195 Å². The number of pyridine rings is 1. The van der Waals surface area contributed by atoms with Gasteiger partial charge in [0.15, 0.2) is 5.54 Å². The van der Waals surface area contributed by atoms with Gasteiger partial charge in [-0.3, -0.25) is 24.4 Å². The van der Waals surface area contributed by atoms with E-state index < -0.39 is 16.1 Å². The van der Waals surface area contributed by atoms with Gasteiger partial charge in [-0.25, -0.2) is 4.39 Å². The van der Waals surface area contributed by atoms with Crippen molar-refractivity contribution < 1.29 is 14.0 Å². The van der Waals surface area contributed by atoms with Crippen molar-refractivity contribution in [2.75, 3.05) is 32.1 Å². The molecule has 2 aromatic rings. The maximum atomic E-state index is 14.5. The number of aromatic nitrogens is 1. The van der Waals surface area contributed by atoms with Crippen molar-refractivity contribution in [1.82, 2.24) is 14.8 Å². The van der Waals surface area contributed by atoms with Crippen LogP contribution in [-0.2, 0) is 15.1 Å². The van der Waals surface area contributed by atoms with Crippen molar-refractivity contribution in [2.45, 2.75) is 16.2 Å². The van der Waals surface area contributed by atoms with Crippen LogP contribution in [0.3, 0.4) is 0 Å². The number of hydrogen-bond donors (Lipinski definition) is 0. The highest BCUT2D eigenvalue weighted by molar-refractivity contribution is 8.25. The second-order valence-corrected chi connectivity index (χ2v) is 10.1. The molecule has 6 nitrogen and oxygen atoms in total. The summed E-state index contributed by atoms with van der Waals surface area (Å²) in [4.78, 5) is 37.3. The van der Waals surface area contributed by atoms with Crippen molar-refractivity contribution in [1.29, 1.82) is 0 Å². The van der Waals surface area contributed by atoms with E-state index in [9.17, 15) is 14.0 Å². The van der Waals surface area contributed by atoms with E-state index in [4.69, 9.17) is 12.2 Å². The summed E-state index contributed by atoms with van der Waals surface area (Å²) >= 11 is 6.87. The first-order valence-electron chi connectivity index (χ1n) is 10.2. The van der Waals surface area contributed by atoms with Crippen molar-refractivity contribution in [3.05, 3.63) is 72.3 Å². The number of thioether (sulfide) groups is 1. The monoisotopic (exact) mass is 468 g/mol. The molecule has 1 aromatic carbocycles. The first-order valence-corrected chi connectivity index (χ1v) is 11.4. The molecule has 0 bridgehead atoms. The molecule has 4 heterocycles. The number of halogens is 1. The maximum Gasteiger partial charge on any atom is 0.254 e. The number of thiocarbonyl (C=S) groups is 1. The minimum absolute atomic E-state index is 0.245. The number of anilines is 1. The van der Waals surface area contributed by atoms with Crippen LogP contribution in [0.2, 0.25) is 0 Å². The van der Waals surface area contributed by atoms with Gasteiger partial charge in [0, 0.05) is 49.7 Å². The highest BCUT2D eigenvalue weighted by Gasteiger charge is 2.78. The Kier molecular flexibility index (Phi) is 4.77. The topological polar surface area (TPSA) is 56.8 Å². The van der Waals surface area contributed by atoms with Gasteiger partial charge in [-0.15, -0.1) is 6.58 Å². The van der Waals surface area contributed by atoms with Crippen LogP contribution in [0.25, 0.3) is 0 Å². The molecular formula is C23H21FN4O2S2. The summed E-state index contributed by atoms with van der Waals surface area (Å²) in [6, 6.07) is 8.05. The lowest BCUT2D eigenvalue weighted by Crippen LogP contribution is -2.62. The predicted molar refractivity (Wildman–Crippen MR) is 126 cm³/mol. The minimum Gasteiger partial charge on any atom is -0.313 e. The van der Waals surface area contributed by atoms with E-state index in [-0.39, 0.29) is 24.3 Å². The fraction of sp³-hybridized carbons (Fsp3) is 0.304. The third kappa shape index (κ3) is 2.39. The number of carbonyl (C=O) groups excluding carboxylic acids is 2. The van der Waals surface area contributed by atoms with Gasteiger partial charge in [0.1, 0.15) is 14.9 Å². The molecule has 32 heavy (non-hydrogen) atoms. The average molecular weight is 469 g/mol. The van der Waals surface area contributed by atoms with E-state index in [1.54, 1.807) is 31.6 Å². The summed E-state index contributed by atoms with van der Waals surface area (Å²) < 4.78 is 13.6. The molecule has 0 N–H and O–H groups in total. The number of likely N-dealkylation sites (N-methyl/N-ethyl adjacent to an activating group) is 2. The van der Waals surface area contributed by atoms with Gasteiger partial charge >= 0.3 is 0 Å². The summed E-state index contributed by atoms with van der Waals surface area (Å²) in [6.45, 7) is 4.42. The average Bonchev–Trinajstić information content (AvgIpc) is 3.28. The van der Waals surface area contributed by atoms with Crippen LogP contribution in [0.15, 0.2) is 55.4 Å². The van der Waals surface area contributed by atoms with Gasteiger partial charge in [-0.1, -0.05) is 30.1 Å². The fourth-order valence-electron chi connectivity index (χ4n) is 5.55. The first kappa shape index (κ1) is 21.2. The molecule has 9 heteroatoms. The van der Waals surface area contributed by atoms with Crippen LogP contribution in [0, 0.1) is 5.82 Å². The highest BCUT2D eigenvalue weighted by Crippen LogP contribution is 2.66. The van der Waals surface area contributed by atoms with Crippen molar-refractivity contribution >= 4 is 45.8 Å². The molecular weight excluding hydrogens is 447 g/mol. The number of hydrogen-bond acceptors (Lipinski definition) is 6. The third-order valence-corrected chi connectivity index (χ3v) is 8.77. The Balaban J connectivity index is 1.85. The fourth-order valence-corrected chi connectivity index (χ4v) is 7.70. The lowest BCUT2D eigenvalue weighted by atomic mass is 9.72. The van der Waals surface area contributed by atoms with E-state index >= 15 is 0 Å². The lowest BCUT2D eigenvalue weighted by molar-refractivity contribution is -0.138. The SMILES string of the molecule is C=CCN1C(=O)[C@]2(SC1=S)[C@H](c1ccncc1)CN(C)[C@@]21C(=O)N(C)c2ccc(F)cc21. The van der Waals surface area contributed by atoms with Gasteiger partial charge in [0.05, 0.1) is 0 Å². The molecule has 164 valence electrons. The molecule has 1 aromatic heterocycles. The Morgan fingerprint density at radius 1 is 1.25 bits per heavy atom. The Morgan fingerprint density at radius 3 is 2.66 bits per heavy atom. The van der Waals surface area contributed by atoms with Crippen LogP contribution >= 0.6 is 24.0 Å². The van der Waals surface area contributed by atoms with Crippen LogP contribution in [-0.4, -0.2) is 62.9 Å². The molecule has 3 aliphatic rings. The molecule has 0 aliphatic carbocycles. The Bertz CT molecular complexity index is 1180. The van der Waals surface area contributed by atoms with Gasteiger partial charge in [0.25, 0.3) is 5.91 Å². The molecule has 0 saturated carbocycles. The molecule has 2 amide bonds. The van der Waals surface area contributed by atoms with Gasteiger partial charge < -0.3 is 4.90 Å². The number of likely N-dealkylation sites (tertiary alicyclic amines) is 1. The number of fused-ring (bicyclic) bond motifs is 3. The predicted octanol–water partition coefficient (Wildman–Crippen LogP) is 2.91. The number of rotatable bonds is 3. The van der Waals surface area contributed by atoms with Crippen LogP contribution in [0.4, 0.5) is 10.1 Å². The van der Waals surface area contributed by atoms with E-state index in [0.717, 1.165) is 5.56 Å². The molecule has 5 rings (SSSR count). The summed E-state index contributed by atoms with van der Waals surface area (Å²) in [5.41, 5.74) is 0.565. The van der Waals surface area contributed by atoms with E-state index in [1.807, 2.05) is 24.1 Å². The van der Waals surface area contributed by atoms with Crippen LogP contribution < -0.4 is 4.90 Å². The van der Waals surface area contributed by atoms with Crippen LogP contribution in [0.5, 0.6) is 0 Å². The molecule has 0 unspecified atom stereocenters. The highest BCUT2D eigenvalue weighted by atomic mass is 32.2. The Morgan fingerprint density at radius 2 is 1.97 bits per heavy atom. The normalized spacial score (nSPS) is 29.6. The zero-order chi connectivity index (χ0) is 22.8. The largest absolute Gasteiger partial charge is 0.313 e. The van der Waals surface area contributed by atoms with Gasteiger partial charge in [0.2, 0.25) is 5.91 Å². The summed E-state index contributed by atoms with van der Waals surface area (Å²) in [5, 5.41) is 0. The smallest absolute Gasteiger partial charge is 0.254 e. The number of amides is 2. The number of benzene rings is 1. The molecule has 3 atom stereocenters. The third-order valence-electron chi connectivity index (χ3n) is 6.83. The molecule has 2 saturated heterocycles. The summed E-state index contributed by atoms with van der Waals surface area (Å²) in [7, 11) is 3.49. The first-order chi connectivity index (χ1) is 15.3. The van der Waals surface area contributed by atoms with E-state index in [2.05, 4.69) is 11.6 Å².